The first kappa shape index (κ1) is 10.7. The van der Waals surface area contributed by atoms with Gasteiger partial charge in [0.25, 0.3) is 0 Å². The number of allylic oxidation sites excluding steroid dienone is 1. The number of carboxylic acids is 1. The number of carbonyl (C=O) groups is 1. The molecular formula is C6H14N4O2. The molecule has 8 N–H and O–H groups in total. The van der Waals surface area contributed by atoms with Crippen molar-refractivity contribution in [3.63, 3.8) is 0 Å². The second-order valence-corrected chi connectivity index (χ2v) is 2.25. The average Bonchev–Trinajstić information content (AvgIpc) is 2.03. The predicted molar refractivity (Wildman–Crippen MR) is 44.5 cm³/mol. The Morgan fingerprint density at radius 2 is 2.00 bits per heavy atom. The van der Waals surface area contributed by atoms with Crippen LogP contribution in [0.1, 0.15) is 12.8 Å². The van der Waals surface area contributed by atoms with Crippen molar-refractivity contribution in [2.75, 3.05) is 6.54 Å². The zero-order valence-electron chi connectivity index (χ0n) is 6.71. The van der Waals surface area contributed by atoms with E-state index in [1.165, 1.54) is 0 Å². The molecule has 12 heavy (non-hydrogen) atoms. The maximum atomic E-state index is 10.1. The van der Waals surface area contributed by atoms with Gasteiger partial charge in [0, 0.05) is 12.2 Å². The van der Waals surface area contributed by atoms with Gasteiger partial charge >= 0.3 is 5.97 Å². The van der Waals surface area contributed by atoms with Crippen LogP contribution in [0.2, 0.25) is 0 Å². The summed E-state index contributed by atoms with van der Waals surface area (Å²) in [5, 5.41) is 8.33. The molecule has 0 bridgehead atoms. The molecule has 0 aromatic carbocycles. The number of nitrogens with one attached hydrogen (secondary N) is 1. The van der Waals surface area contributed by atoms with E-state index in [0.717, 1.165) is 0 Å². The average molecular weight is 174 g/mol. The fourth-order valence-corrected chi connectivity index (χ4v) is 0.675. The number of rotatable bonds is 5. The lowest BCUT2D eigenvalue weighted by Gasteiger charge is -2.07. The van der Waals surface area contributed by atoms with Crippen molar-refractivity contribution >= 4 is 5.97 Å². The SMILES string of the molecule is NC/C(NN)=C(/N)CCC(=O)O. The Balaban J connectivity index is 4.05. The van der Waals surface area contributed by atoms with Gasteiger partial charge in [-0.3, -0.25) is 10.6 Å². The first-order chi connectivity index (χ1) is 5.61. The van der Waals surface area contributed by atoms with E-state index in [0.29, 0.717) is 11.4 Å². The van der Waals surface area contributed by atoms with Crippen LogP contribution in [0.25, 0.3) is 0 Å². The van der Waals surface area contributed by atoms with E-state index in [-0.39, 0.29) is 19.4 Å². The normalized spacial score (nSPS) is 12.2. The number of carboxylic acid groups (broad SMARTS) is 1. The highest BCUT2D eigenvalue weighted by atomic mass is 16.4. The van der Waals surface area contributed by atoms with Gasteiger partial charge < -0.3 is 22.0 Å². The van der Waals surface area contributed by atoms with E-state index in [1.54, 1.807) is 0 Å². The summed E-state index contributed by atoms with van der Waals surface area (Å²) >= 11 is 0. The summed E-state index contributed by atoms with van der Waals surface area (Å²) in [5.41, 5.74) is 13.9. The Morgan fingerprint density at radius 3 is 2.33 bits per heavy atom. The van der Waals surface area contributed by atoms with Gasteiger partial charge in [0.2, 0.25) is 0 Å². The molecule has 0 fully saturated rings. The Hall–Kier alpha value is -1.27. The third kappa shape index (κ3) is 3.79. The Morgan fingerprint density at radius 1 is 1.42 bits per heavy atom. The fourth-order valence-electron chi connectivity index (χ4n) is 0.675. The summed E-state index contributed by atoms with van der Waals surface area (Å²) in [6, 6.07) is 0. The lowest BCUT2D eigenvalue weighted by molar-refractivity contribution is -0.136. The summed E-state index contributed by atoms with van der Waals surface area (Å²) in [6.45, 7) is 0.182. The standard InChI is InChI=1S/C6H14N4O2/c7-3-5(10-9)4(8)1-2-6(11)12/h10H,1-3,7-9H2,(H,11,12)/b5-4-. The summed E-state index contributed by atoms with van der Waals surface area (Å²) in [6.07, 6.45) is 0.239. The highest BCUT2D eigenvalue weighted by Gasteiger charge is 2.02. The molecule has 0 aromatic rings. The van der Waals surface area contributed by atoms with Crippen molar-refractivity contribution in [3.8, 4) is 0 Å². The maximum Gasteiger partial charge on any atom is 0.303 e. The molecule has 0 saturated carbocycles. The summed E-state index contributed by atoms with van der Waals surface area (Å²) < 4.78 is 0. The molecule has 0 saturated heterocycles. The molecule has 0 amide bonds. The highest BCUT2D eigenvalue weighted by Crippen LogP contribution is 2.01. The van der Waals surface area contributed by atoms with Crippen molar-refractivity contribution < 1.29 is 9.90 Å². The molecule has 0 aliphatic rings. The smallest absolute Gasteiger partial charge is 0.303 e. The van der Waals surface area contributed by atoms with E-state index in [2.05, 4.69) is 5.43 Å². The van der Waals surface area contributed by atoms with E-state index in [4.69, 9.17) is 22.4 Å². The maximum absolute atomic E-state index is 10.1. The number of hydrogen-bond donors (Lipinski definition) is 5. The van der Waals surface area contributed by atoms with E-state index in [1.807, 2.05) is 0 Å². The van der Waals surface area contributed by atoms with Gasteiger partial charge in [0.1, 0.15) is 0 Å². The molecule has 70 valence electrons. The topological polar surface area (TPSA) is 127 Å². The molecule has 6 nitrogen and oxygen atoms in total. The molecule has 0 spiro atoms. The lowest BCUT2D eigenvalue weighted by Crippen LogP contribution is -2.30. The molecule has 0 aliphatic carbocycles. The van der Waals surface area contributed by atoms with Gasteiger partial charge in [-0.2, -0.15) is 0 Å². The van der Waals surface area contributed by atoms with Crippen LogP contribution >= 0.6 is 0 Å². The molecule has 6 heteroatoms. The molecule has 0 aromatic heterocycles. The Bertz CT molecular complexity index is 184. The van der Waals surface area contributed by atoms with Crippen LogP contribution in [0, 0.1) is 0 Å². The Kier molecular flexibility index (Phi) is 4.82. The molecule has 0 aliphatic heterocycles. The Labute approximate surface area is 70.4 Å². The summed E-state index contributed by atoms with van der Waals surface area (Å²) in [7, 11) is 0. The first-order valence-corrected chi connectivity index (χ1v) is 3.47. The quantitative estimate of drug-likeness (QED) is 0.253. The molecule has 0 heterocycles. The zero-order valence-corrected chi connectivity index (χ0v) is 6.71. The number of hydrogen-bond acceptors (Lipinski definition) is 5. The van der Waals surface area contributed by atoms with Crippen LogP contribution < -0.4 is 22.7 Å². The molecule has 0 atom stereocenters. The fraction of sp³-hybridized carbons (Fsp3) is 0.500. The van der Waals surface area contributed by atoms with Gasteiger partial charge in [-0.15, -0.1) is 0 Å². The predicted octanol–water partition coefficient (Wildman–Crippen LogP) is -1.56. The number of aliphatic carboxylic acids is 1. The molecule has 0 radical (unpaired) electrons. The van der Waals surface area contributed by atoms with Crippen molar-refractivity contribution in [1.29, 1.82) is 0 Å². The number of nitrogens with two attached hydrogens (primary N) is 3. The highest BCUT2D eigenvalue weighted by molar-refractivity contribution is 5.67. The van der Waals surface area contributed by atoms with Crippen LogP contribution in [0.4, 0.5) is 0 Å². The second kappa shape index (κ2) is 5.39. The minimum absolute atomic E-state index is 0.0169. The first-order valence-electron chi connectivity index (χ1n) is 3.47. The minimum atomic E-state index is -0.897. The van der Waals surface area contributed by atoms with E-state index < -0.39 is 5.97 Å². The summed E-state index contributed by atoms with van der Waals surface area (Å²) in [5.74, 6) is 4.18. The summed E-state index contributed by atoms with van der Waals surface area (Å²) in [4.78, 5) is 10.1. The minimum Gasteiger partial charge on any atom is -0.481 e. The van der Waals surface area contributed by atoms with Crippen molar-refractivity contribution in [2.24, 2.45) is 17.3 Å². The molecule has 0 unspecified atom stereocenters. The monoisotopic (exact) mass is 174 g/mol. The van der Waals surface area contributed by atoms with Gasteiger partial charge in [-0.1, -0.05) is 0 Å². The third-order valence-corrected chi connectivity index (χ3v) is 1.37. The number of hydrazine groups is 1. The largest absolute Gasteiger partial charge is 0.481 e. The van der Waals surface area contributed by atoms with Gasteiger partial charge in [-0.25, -0.2) is 0 Å². The molecule has 0 rings (SSSR count). The van der Waals surface area contributed by atoms with Crippen LogP contribution in [-0.2, 0) is 4.79 Å². The van der Waals surface area contributed by atoms with Crippen LogP contribution in [0.3, 0.4) is 0 Å². The van der Waals surface area contributed by atoms with Crippen LogP contribution in [-0.4, -0.2) is 17.6 Å². The molecular weight excluding hydrogens is 160 g/mol. The third-order valence-electron chi connectivity index (χ3n) is 1.37. The van der Waals surface area contributed by atoms with Gasteiger partial charge in [0.15, 0.2) is 0 Å². The van der Waals surface area contributed by atoms with Crippen molar-refractivity contribution in [1.82, 2.24) is 5.43 Å². The zero-order chi connectivity index (χ0) is 9.56. The van der Waals surface area contributed by atoms with Gasteiger partial charge in [0.05, 0.1) is 12.1 Å². The van der Waals surface area contributed by atoms with Crippen molar-refractivity contribution in [3.05, 3.63) is 11.4 Å². The van der Waals surface area contributed by atoms with Crippen LogP contribution in [0.15, 0.2) is 11.4 Å². The van der Waals surface area contributed by atoms with Crippen molar-refractivity contribution in [2.45, 2.75) is 12.8 Å². The van der Waals surface area contributed by atoms with Crippen LogP contribution in [0.5, 0.6) is 0 Å². The second-order valence-electron chi connectivity index (χ2n) is 2.25. The van der Waals surface area contributed by atoms with Gasteiger partial charge in [-0.05, 0) is 6.42 Å². The van der Waals surface area contributed by atoms with E-state index in [9.17, 15) is 4.79 Å². The lowest BCUT2D eigenvalue weighted by atomic mass is 10.2. The van der Waals surface area contributed by atoms with E-state index >= 15 is 0 Å².